The van der Waals surface area contributed by atoms with Crippen LogP contribution in [0.2, 0.25) is 0 Å². The second-order valence-corrected chi connectivity index (χ2v) is 8.14. The summed E-state index contributed by atoms with van der Waals surface area (Å²) in [5, 5.41) is 9.66. The van der Waals surface area contributed by atoms with Crippen LogP contribution in [0.5, 0.6) is 5.75 Å². The van der Waals surface area contributed by atoms with Gasteiger partial charge in [0.25, 0.3) is 0 Å². The van der Waals surface area contributed by atoms with Crippen LogP contribution in [0.3, 0.4) is 0 Å². The highest BCUT2D eigenvalue weighted by Crippen LogP contribution is 2.31. The van der Waals surface area contributed by atoms with Crippen molar-refractivity contribution in [3.63, 3.8) is 0 Å². The molecule has 6 rings (SSSR count). The summed E-state index contributed by atoms with van der Waals surface area (Å²) in [6.07, 6.45) is 11.6. The van der Waals surface area contributed by atoms with Gasteiger partial charge in [-0.1, -0.05) is 0 Å². The van der Waals surface area contributed by atoms with Gasteiger partial charge in [-0.3, -0.25) is 25.0 Å². The van der Waals surface area contributed by atoms with Crippen molar-refractivity contribution in [2.75, 3.05) is 26.2 Å². The molecule has 2 N–H and O–H groups in total. The first kappa shape index (κ1) is 18.9. The molecule has 5 aromatic heterocycles. The fraction of sp³-hybridized carbons (Fsp3) is 0.250. The van der Waals surface area contributed by atoms with Crippen molar-refractivity contribution in [1.29, 1.82) is 0 Å². The maximum atomic E-state index is 5.97. The minimum atomic E-state index is 0.665. The third-order valence-corrected chi connectivity index (χ3v) is 6.01. The van der Waals surface area contributed by atoms with E-state index in [2.05, 4.69) is 41.1 Å². The van der Waals surface area contributed by atoms with Gasteiger partial charge in [0, 0.05) is 47.0 Å². The number of hydrogen-bond donors (Lipinski definition) is 2. The van der Waals surface area contributed by atoms with E-state index in [0.29, 0.717) is 6.61 Å². The van der Waals surface area contributed by atoms with Crippen LogP contribution < -0.4 is 4.74 Å². The summed E-state index contributed by atoms with van der Waals surface area (Å²) in [6.45, 7) is 3.96. The second kappa shape index (κ2) is 8.05. The Hall–Kier alpha value is -3.78. The van der Waals surface area contributed by atoms with Gasteiger partial charge >= 0.3 is 0 Å². The Morgan fingerprint density at radius 1 is 0.969 bits per heavy atom. The smallest absolute Gasteiger partial charge is 0.138 e. The highest BCUT2D eigenvalue weighted by atomic mass is 16.5. The van der Waals surface area contributed by atoms with Gasteiger partial charge in [0.15, 0.2) is 0 Å². The van der Waals surface area contributed by atoms with Gasteiger partial charge in [-0.05, 0) is 50.2 Å². The van der Waals surface area contributed by atoms with E-state index in [-0.39, 0.29) is 0 Å². The molecule has 1 saturated heterocycles. The van der Waals surface area contributed by atoms with E-state index in [4.69, 9.17) is 4.74 Å². The normalized spacial score (nSPS) is 14.5. The van der Waals surface area contributed by atoms with Crippen LogP contribution in [0.15, 0.2) is 55.2 Å². The molecule has 0 unspecified atom stereocenters. The summed E-state index contributed by atoms with van der Waals surface area (Å²) in [7, 11) is 0. The Bertz CT molecular complexity index is 1350. The number of aromatic amines is 2. The first-order valence-electron chi connectivity index (χ1n) is 10.9. The zero-order valence-corrected chi connectivity index (χ0v) is 17.6. The van der Waals surface area contributed by atoms with Gasteiger partial charge in [-0.15, -0.1) is 0 Å². The molecular weight excluding hydrogens is 402 g/mol. The molecule has 0 aromatic carbocycles. The Morgan fingerprint density at radius 2 is 1.91 bits per heavy atom. The lowest BCUT2D eigenvalue weighted by Crippen LogP contribution is -2.25. The molecular formula is C24H23N7O. The predicted octanol–water partition coefficient (Wildman–Crippen LogP) is 4.04. The lowest BCUT2D eigenvalue weighted by Gasteiger charge is -2.15. The number of rotatable bonds is 6. The molecule has 1 aliphatic heterocycles. The molecule has 8 heteroatoms. The van der Waals surface area contributed by atoms with Crippen LogP contribution in [-0.2, 0) is 0 Å². The molecule has 0 spiro atoms. The molecule has 0 bridgehead atoms. The van der Waals surface area contributed by atoms with Crippen molar-refractivity contribution in [2.45, 2.75) is 12.8 Å². The summed E-state index contributed by atoms with van der Waals surface area (Å²) in [5.41, 5.74) is 5.45. The van der Waals surface area contributed by atoms with Gasteiger partial charge in [0.05, 0.1) is 29.3 Å². The van der Waals surface area contributed by atoms with E-state index in [1.165, 1.54) is 25.9 Å². The SMILES string of the molecule is c1cc2[nH]c(-c3n[nH]c4cnc(-c5cncc(OCCN6CCCC6)c5)cc34)cc2cn1. The summed E-state index contributed by atoms with van der Waals surface area (Å²) >= 11 is 0. The minimum Gasteiger partial charge on any atom is -0.491 e. The molecule has 0 aliphatic carbocycles. The summed E-state index contributed by atoms with van der Waals surface area (Å²) in [6, 6.07) is 8.07. The van der Waals surface area contributed by atoms with E-state index in [9.17, 15) is 0 Å². The summed E-state index contributed by atoms with van der Waals surface area (Å²) < 4.78 is 5.97. The van der Waals surface area contributed by atoms with Crippen molar-refractivity contribution >= 4 is 21.8 Å². The maximum Gasteiger partial charge on any atom is 0.138 e. The molecule has 0 amide bonds. The maximum absolute atomic E-state index is 5.97. The number of nitrogens with zero attached hydrogens (tertiary/aromatic N) is 5. The van der Waals surface area contributed by atoms with Crippen molar-refractivity contribution < 1.29 is 4.74 Å². The molecule has 0 saturated carbocycles. The number of ether oxygens (including phenoxy) is 1. The monoisotopic (exact) mass is 425 g/mol. The zero-order valence-electron chi connectivity index (χ0n) is 17.6. The molecule has 5 aromatic rings. The fourth-order valence-electron chi connectivity index (χ4n) is 4.32. The van der Waals surface area contributed by atoms with E-state index in [0.717, 1.165) is 56.7 Å². The zero-order chi connectivity index (χ0) is 21.3. The topological polar surface area (TPSA) is 95.6 Å². The molecule has 1 aliphatic rings. The molecule has 0 radical (unpaired) electrons. The largest absolute Gasteiger partial charge is 0.491 e. The van der Waals surface area contributed by atoms with Crippen LogP contribution in [0.25, 0.3) is 44.5 Å². The third-order valence-electron chi connectivity index (χ3n) is 6.01. The molecule has 6 heterocycles. The number of likely N-dealkylation sites (tertiary alicyclic amines) is 1. The van der Waals surface area contributed by atoms with Crippen LogP contribution in [0, 0.1) is 0 Å². The molecule has 32 heavy (non-hydrogen) atoms. The van der Waals surface area contributed by atoms with Gasteiger partial charge < -0.3 is 9.72 Å². The van der Waals surface area contributed by atoms with E-state index in [1.807, 2.05) is 36.8 Å². The lowest BCUT2D eigenvalue weighted by atomic mass is 10.1. The van der Waals surface area contributed by atoms with Crippen molar-refractivity contribution in [2.24, 2.45) is 0 Å². The van der Waals surface area contributed by atoms with Gasteiger partial charge in [-0.25, -0.2) is 0 Å². The first-order valence-corrected chi connectivity index (χ1v) is 10.9. The standard InChI is InChI=1S/C24H23N7O/c1-2-6-31(5-1)7-8-32-18-9-16(13-26-14-18)21-11-19-23(15-27-21)29-30-24(19)22-10-17-12-25-4-3-20(17)28-22/h3-4,9-15,28H,1-2,5-8H2,(H,29,30). The molecule has 0 atom stereocenters. The Balaban J connectivity index is 1.28. The van der Waals surface area contributed by atoms with Crippen LogP contribution in [0.1, 0.15) is 12.8 Å². The fourth-order valence-corrected chi connectivity index (χ4v) is 4.32. The number of pyridine rings is 3. The van der Waals surface area contributed by atoms with E-state index >= 15 is 0 Å². The van der Waals surface area contributed by atoms with Gasteiger partial charge in [0.1, 0.15) is 18.1 Å². The minimum absolute atomic E-state index is 0.665. The lowest BCUT2D eigenvalue weighted by molar-refractivity contribution is 0.237. The number of aromatic nitrogens is 6. The quantitative estimate of drug-likeness (QED) is 0.426. The average Bonchev–Trinajstić information content (AvgIpc) is 3.58. The van der Waals surface area contributed by atoms with Crippen molar-refractivity contribution in [3.05, 3.63) is 55.2 Å². The van der Waals surface area contributed by atoms with E-state index in [1.54, 1.807) is 12.4 Å². The average molecular weight is 425 g/mol. The number of H-pyrrole nitrogens is 2. The third kappa shape index (κ3) is 3.58. The van der Waals surface area contributed by atoms with Crippen molar-refractivity contribution in [3.8, 4) is 28.4 Å². The Labute approximate surface area is 184 Å². The highest BCUT2D eigenvalue weighted by molar-refractivity contribution is 5.96. The molecule has 1 fully saturated rings. The highest BCUT2D eigenvalue weighted by Gasteiger charge is 2.14. The number of hydrogen-bond acceptors (Lipinski definition) is 6. The van der Waals surface area contributed by atoms with Crippen LogP contribution in [0.4, 0.5) is 0 Å². The summed E-state index contributed by atoms with van der Waals surface area (Å²) in [5.74, 6) is 0.763. The first-order chi connectivity index (χ1) is 15.8. The predicted molar refractivity (Wildman–Crippen MR) is 123 cm³/mol. The van der Waals surface area contributed by atoms with Crippen LogP contribution >= 0.6 is 0 Å². The Kier molecular flexibility index (Phi) is 4.77. The molecule has 160 valence electrons. The molecule has 8 nitrogen and oxygen atoms in total. The number of fused-ring (bicyclic) bond motifs is 2. The Morgan fingerprint density at radius 3 is 2.81 bits per heavy atom. The van der Waals surface area contributed by atoms with Crippen LogP contribution in [-0.4, -0.2) is 61.3 Å². The van der Waals surface area contributed by atoms with Gasteiger partial charge in [0.2, 0.25) is 0 Å². The van der Waals surface area contributed by atoms with Crippen molar-refractivity contribution in [1.82, 2.24) is 35.0 Å². The number of nitrogens with one attached hydrogen (secondary N) is 2. The summed E-state index contributed by atoms with van der Waals surface area (Å²) in [4.78, 5) is 19.0. The van der Waals surface area contributed by atoms with E-state index < -0.39 is 0 Å². The second-order valence-electron chi connectivity index (χ2n) is 8.14. The van der Waals surface area contributed by atoms with Gasteiger partial charge in [-0.2, -0.15) is 5.10 Å².